The van der Waals surface area contributed by atoms with Crippen molar-refractivity contribution in [2.24, 2.45) is 0 Å². The number of ether oxygens (including phenoxy) is 4. The lowest BCUT2D eigenvalue weighted by Crippen LogP contribution is -2.37. The van der Waals surface area contributed by atoms with Crippen LogP contribution in [0.5, 0.6) is 0 Å². The molecule has 0 unspecified atom stereocenters. The number of esters is 3. The zero-order valence-electron chi connectivity index (χ0n) is 19.5. The van der Waals surface area contributed by atoms with Gasteiger partial charge in [-0.2, -0.15) is 0 Å². The van der Waals surface area contributed by atoms with Crippen molar-refractivity contribution in [3.63, 3.8) is 0 Å². The molecule has 0 aromatic rings. The maximum absolute atomic E-state index is 12.7. The van der Waals surface area contributed by atoms with Gasteiger partial charge in [-0.25, -0.2) is 0 Å². The standard InChI is InChI=1S/C24H33ClO8/c1-14(11-22(28)30-4)10-19(27)24-21-12-18(32-24)9-8-17(25)7-5-6-15(2)20(31-16(3)26)13-23(29)33-21/h6-7,10,18-21,24,27H,5,8-9,11-13H2,1-4H3/b14-10+,15-6-,17-7+/t18-,19-,20-,21-,24-/m1/s1. The third kappa shape index (κ3) is 8.95. The Bertz CT molecular complexity index is 815. The van der Waals surface area contributed by atoms with Crippen molar-refractivity contribution in [1.82, 2.24) is 0 Å². The molecule has 1 saturated heterocycles. The van der Waals surface area contributed by atoms with Gasteiger partial charge < -0.3 is 24.1 Å². The highest BCUT2D eigenvalue weighted by Gasteiger charge is 2.41. The molecular weight excluding hydrogens is 452 g/mol. The van der Waals surface area contributed by atoms with E-state index in [2.05, 4.69) is 4.74 Å². The molecule has 33 heavy (non-hydrogen) atoms. The molecule has 0 aliphatic carbocycles. The first-order valence-electron chi connectivity index (χ1n) is 11.0. The number of carbonyl (C=O) groups is 3. The lowest BCUT2D eigenvalue weighted by atomic mass is 10.0. The molecule has 1 fully saturated rings. The fourth-order valence-corrected chi connectivity index (χ4v) is 4.07. The van der Waals surface area contributed by atoms with Crippen LogP contribution < -0.4 is 0 Å². The van der Waals surface area contributed by atoms with Gasteiger partial charge in [0.05, 0.1) is 26.1 Å². The summed E-state index contributed by atoms with van der Waals surface area (Å²) in [6, 6.07) is 0. The molecule has 2 aliphatic heterocycles. The van der Waals surface area contributed by atoms with E-state index in [1.54, 1.807) is 13.8 Å². The molecule has 8 nitrogen and oxygen atoms in total. The minimum absolute atomic E-state index is 0.0320. The van der Waals surface area contributed by atoms with E-state index in [4.69, 9.17) is 25.8 Å². The van der Waals surface area contributed by atoms with Crippen molar-refractivity contribution in [3.8, 4) is 0 Å². The van der Waals surface area contributed by atoms with E-state index in [-0.39, 0.29) is 18.9 Å². The molecule has 5 atom stereocenters. The molecule has 0 amide bonds. The molecule has 184 valence electrons. The molecule has 2 bridgehead atoms. The predicted molar refractivity (Wildman–Crippen MR) is 121 cm³/mol. The molecule has 9 heteroatoms. The zero-order chi connectivity index (χ0) is 24.5. The molecule has 2 rings (SSSR count). The maximum atomic E-state index is 12.7. The Morgan fingerprint density at radius 2 is 2.06 bits per heavy atom. The zero-order valence-corrected chi connectivity index (χ0v) is 20.3. The van der Waals surface area contributed by atoms with Crippen molar-refractivity contribution in [1.29, 1.82) is 0 Å². The van der Waals surface area contributed by atoms with Gasteiger partial charge >= 0.3 is 17.9 Å². The summed E-state index contributed by atoms with van der Waals surface area (Å²) in [5.41, 5.74) is 1.33. The average Bonchev–Trinajstić information content (AvgIpc) is 3.13. The first-order valence-corrected chi connectivity index (χ1v) is 11.4. The number of aliphatic hydroxyl groups excluding tert-OH is 1. The van der Waals surface area contributed by atoms with Gasteiger partial charge in [-0.15, -0.1) is 0 Å². The van der Waals surface area contributed by atoms with E-state index in [0.29, 0.717) is 36.3 Å². The van der Waals surface area contributed by atoms with Crippen LogP contribution in [0.15, 0.2) is 34.4 Å². The van der Waals surface area contributed by atoms with Crippen LogP contribution in [0.4, 0.5) is 0 Å². The van der Waals surface area contributed by atoms with Gasteiger partial charge in [0, 0.05) is 18.4 Å². The quantitative estimate of drug-likeness (QED) is 0.359. The molecule has 0 radical (unpaired) electrons. The Labute approximate surface area is 199 Å². The Hall–Kier alpha value is -2.16. The van der Waals surface area contributed by atoms with Crippen LogP contribution in [0.1, 0.15) is 59.3 Å². The van der Waals surface area contributed by atoms with E-state index >= 15 is 0 Å². The third-order valence-corrected chi connectivity index (χ3v) is 5.93. The van der Waals surface area contributed by atoms with E-state index in [1.807, 2.05) is 12.2 Å². The highest BCUT2D eigenvalue weighted by atomic mass is 35.5. The first kappa shape index (κ1) is 27.1. The number of rotatable bonds is 5. The normalized spacial score (nSPS) is 31.2. The molecular formula is C24H33ClO8. The van der Waals surface area contributed by atoms with Crippen molar-refractivity contribution in [2.45, 2.75) is 89.8 Å². The summed E-state index contributed by atoms with van der Waals surface area (Å²) in [4.78, 5) is 35.8. The van der Waals surface area contributed by atoms with Crippen LogP contribution in [0.3, 0.4) is 0 Å². The van der Waals surface area contributed by atoms with Gasteiger partial charge in [-0.3, -0.25) is 14.4 Å². The van der Waals surface area contributed by atoms with Gasteiger partial charge in [0.15, 0.2) is 0 Å². The second kappa shape index (κ2) is 12.9. The van der Waals surface area contributed by atoms with E-state index in [9.17, 15) is 19.5 Å². The Morgan fingerprint density at radius 1 is 1.33 bits per heavy atom. The Kier molecular flexibility index (Phi) is 10.6. The monoisotopic (exact) mass is 484 g/mol. The summed E-state index contributed by atoms with van der Waals surface area (Å²) in [6.45, 7) is 4.77. The molecule has 0 saturated carbocycles. The Morgan fingerprint density at radius 3 is 2.73 bits per heavy atom. The average molecular weight is 485 g/mol. The smallest absolute Gasteiger partial charge is 0.310 e. The van der Waals surface area contributed by atoms with Crippen molar-refractivity contribution >= 4 is 29.5 Å². The number of halogens is 1. The van der Waals surface area contributed by atoms with Gasteiger partial charge in [-0.05, 0) is 38.7 Å². The number of methoxy groups -OCH3 is 1. The maximum Gasteiger partial charge on any atom is 0.310 e. The predicted octanol–water partition coefficient (Wildman–Crippen LogP) is 3.50. The number of carbonyl (C=O) groups excluding carboxylic acids is 3. The van der Waals surface area contributed by atoms with Gasteiger partial charge in [-0.1, -0.05) is 35.4 Å². The van der Waals surface area contributed by atoms with Gasteiger partial charge in [0.25, 0.3) is 0 Å². The minimum Gasteiger partial charge on any atom is -0.469 e. The molecule has 2 aliphatic rings. The van der Waals surface area contributed by atoms with Gasteiger partial charge in [0.2, 0.25) is 0 Å². The fourth-order valence-electron chi connectivity index (χ4n) is 3.87. The molecule has 2 heterocycles. The van der Waals surface area contributed by atoms with Crippen molar-refractivity contribution in [2.75, 3.05) is 7.11 Å². The minimum atomic E-state index is -1.09. The second-order valence-corrected chi connectivity index (χ2v) is 8.90. The summed E-state index contributed by atoms with van der Waals surface area (Å²) in [5.74, 6) is -1.48. The number of hydrogen-bond acceptors (Lipinski definition) is 8. The van der Waals surface area contributed by atoms with Crippen molar-refractivity contribution < 1.29 is 38.4 Å². The summed E-state index contributed by atoms with van der Waals surface area (Å²) in [7, 11) is 1.29. The van der Waals surface area contributed by atoms with Crippen LogP contribution >= 0.6 is 11.6 Å². The molecule has 0 aromatic heterocycles. The van der Waals surface area contributed by atoms with Crippen LogP contribution in [0.2, 0.25) is 0 Å². The second-order valence-electron chi connectivity index (χ2n) is 8.42. The molecule has 1 N–H and O–H groups in total. The number of allylic oxidation sites excluding steroid dienone is 3. The number of aliphatic hydroxyl groups is 1. The van der Waals surface area contributed by atoms with Crippen LogP contribution in [0, 0.1) is 0 Å². The Balaban J connectivity index is 2.24. The fraction of sp³-hybridized carbons (Fsp3) is 0.625. The van der Waals surface area contributed by atoms with Gasteiger partial charge in [0.1, 0.15) is 24.4 Å². The highest BCUT2D eigenvalue weighted by Crippen LogP contribution is 2.31. The van der Waals surface area contributed by atoms with Crippen LogP contribution in [-0.4, -0.2) is 60.6 Å². The summed E-state index contributed by atoms with van der Waals surface area (Å²) < 4.78 is 21.7. The number of fused-ring (bicyclic) bond motifs is 2. The SMILES string of the molecule is COC(=O)C/C(C)=C/[C@@H](O)[C@H]1O[C@@H]2CC/C(Cl)=C\C/C=C(/C)[C@H](OC(C)=O)CC(=O)O[C@@H]1C2. The summed E-state index contributed by atoms with van der Waals surface area (Å²) in [5, 5.41) is 11.4. The lowest BCUT2D eigenvalue weighted by Gasteiger charge is -2.24. The van der Waals surface area contributed by atoms with E-state index in [1.165, 1.54) is 20.1 Å². The summed E-state index contributed by atoms with van der Waals surface area (Å²) >= 11 is 6.35. The van der Waals surface area contributed by atoms with E-state index in [0.717, 1.165) is 5.57 Å². The molecule has 0 aromatic carbocycles. The summed E-state index contributed by atoms with van der Waals surface area (Å²) in [6.07, 6.45) is 3.64. The van der Waals surface area contributed by atoms with Crippen LogP contribution in [0.25, 0.3) is 0 Å². The van der Waals surface area contributed by atoms with E-state index < -0.39 is 42.3 Å². The topological polar surface area (TPSA) is 108 Å². The third-order valence-electron chi connectivity index (χ3n) is 5.59. The van der Waals surface area contributed by atoms with Crippen molar-refractivity contribution in [3.05, 3.63) is 34.4 Å². The lowest BCUT2D eigenvalue weighted by molar-refractivity contribution is -0.159. The highest BCUT2D eigenvalue weighted by molar-refractivity contribution is 6.29. The van der Waals surface area contributed by atoms with Crippen LogP contribution in [-0.2, 0) is 33.3 Å². The first-order chi connectivity index (χ1) is 15.6. The molecule has 0 spiro atoms. The largest absolute Gasteiger partial charge is 0.469 e. The number of hydrogen-bond donors (Lipinski definition) is 1.